The van der Waals surface area contributed by atoms with Gasteiger partial charge in [0.2, 0.25) is 0 Å². The van der Waals surface area contributed by atoms with Crippen molar-refractivity contribution in [1.82, 2.24) is 0 Å². The molecule has 0 saturated carbocycles. The van der Waals surface area contributed by atoms with Crippen LogP contribution in [0.25, 0.3) is 0 Å². The van der Waals surface area contributed by atoms with Gasteiger partial charge in [0.05, 0.1) is 12.2 Å². The molecule has 122 valence electrons. The summed E-state index contributed by atoms with van der Waals surface area (Å²) in [5, 5.41) is 4.90. The molecular weight excluding hydrogens is 309 g/mol. The first kappa shape index (κ1) is 16.7. The second kappa shape index (κ2) is 7.04. The molecule has 2 aromatic carbocycles. The van der Waals surface area contributed by atoms with Gasteiger partial charge in [0.15, 0.2) is 0 Å². The molecule has 2 rings (SSSR count). The molecule has 2 aromatic rings. The molecule has 23 heavy (non-hydrogen) atoms. The maximum absolute atomic E-state index is 12.6. The van der Waals surface area contributed by atoms with Gasteiger partial charge in [-0.1, -0.05) is 12.1 Å². The Morgan fingerprint density at radius 3 is 2.26 bits per heavy atom. The van der Waals surface area contributed by atoms with Crippen LogP contribution in [0.3, 0.4) is 0 Å². The van der Waals surface area contributed by atoms with Crippen molar-refractivity contribution in [1.29, 1.82) is 0 Å². The highest BCUT2D eigenvalue weighted by Gasteiger charge is 2.30. The van der Waals surface area contributed by atoms with Gasteiger partial charge in [0, 0.05) is 17.4 Å². The lowest BCUT2D eigenvalue weighted by molar-refractivity contribution is -0.137. The summed E-state index contributed by atoms with van der Waals surface area (Å²) in [6.45, 7) is 2.32. The number of anilines is 2. The molecule has 0 heterocycles. The third-order valence-corrected chi connectivity index (χ3v) is 2.85. The molecule has 0 fully saturated rings. The first-order valence-corrected chi connectivity index (χ1v) is 6.86. The lowest BCUT2D eigenvalue weighted by Gasteiger charge is -2.11. The van der Waals surface area contributed by atoms with Crippen molar-refractivity contribution in [3.05, 3.63) is 54.1 Å². The highest BCUT2D eigenvalue weighted by Crippen LogP contribution is 2.30. The van der Waals surface area contributed by atoms with Gasteiger partial charge >= 0.3 is 12.2 Å². The normalized spacial score (nSPS) is 11.0. The number of urea groups is 1. The Bertz CT molecular complexity index is 687. The summed E-state index contributed by atoms with van der Waals surface area (Å²) in [7, 11) is 0. The number of rotatable bonds is 4. The molecule has 0 aliphatic heterocycles. The summed E-state index contributed by atoms with van der Waals surface area (Å²) < 4.78 is 43.2. The first-order valence-electron chi connectivity index (χ1n) is 6.86. The average molecular weight is 324 g/mol. The predicted octanol–water partition coefficient (Wildman–Crippen LogP) is 4.75. The summed E-state index contributed by atoms with van der Waals surface area (Å²) in [4.78, 5) is 11.9. The van der Waals surface area contributed by atoms with Crippen molar-refractivity contribution < 1.29 is 22.7 Å². The van der Waals surface area contributed by atoms with Gasteiger partial charge in [-0.15, -0.1) is 0 Å². The number of hydrogen-bond acceptors (Lipinski definition) is 2. The molecule has 0 bridgehead atoms. The highest BCUT2D eigenvalue weighted by molar-refractivity contribution is 5.99. The van der Waals surface area contributed by atoms with Crippen LogP contribution < -0.4 is 15.4 Å². The van der Waals surface area contributed by atoms with Gasteiger partial charge in [-0.3, -0.25) is 0 Å². The van der Waals surface area contributed by atoms with E-state index in [1.54, 1.807) is 24.3 Å². The van der Waals surface area contributed by atoms with E-state index < -0.39 is 17.8 Å². The van der Waals surface area contributed by atoms with E-state index in [9.17, 15) is 18.0 Å². The number of alkyl halides is 3. The molecule has 0 aliphatic carbocycles. The summed E-state index contributed by atoms with van der Waals surface area (Å²) in [5.41, 5.74) is -0.299. The number of nitrogens with one attached hydrogen (secondary N) is 2. The van der Waals surface area contributed by atoms with Crippen LogP contribution in [0.4, 0.5) is 29.3 Å². The van der Waals surface area contributed by atoms with Crippen LogP contribution in [-0.2, 0) is 6.18 Å². The topological polar surface area (TPSA) is 50.4 Å². The van der Waals surface area contributed by atoms with Crippen LogP contribution in [0.1, 0.15) is 12.5 Å². The molecule has 4 nitrogen and oxygen atoms in total. The van der Waals surface area contributed by atoms with Gasteiger partial charge < -0.3 is 15.4 Å². The number of benzene rings is 2. The smallest absolute Gasteiger partial charge is 0.416 e. The molecule has 2 amide bonds. The number of halogens is 3. The molecule has 7 heteroatoms. The fourth-order valence-electron chi connectivity index (χ4n) is 1.90. The van der Waals surface area contributed by atoms with Crippen LogP contribution >= 0.6 is 0 Å². The van der Waals surface area contributed by atoms with E-state index in [0.29, 0.717) is 18.0 Å². The second-order valence-corrected chi connectivity index (χ2v) is 4.62. The van der Waals surface area contributed by atoms with E-state index in [0.717, 1.165) is 12.1 Å². The molecule has 0 atom stereocenters. The van der Waals surface area contributed by atoms with E-state index in [2.05, 4.69) is 10.6 Å². The predicted molar refractivity (Wildman–Crippen MR) is 81.7 cm³/mol. The maximum Gasteiger partial charge on any atom is 0.416 e. The minimum absolute atomic E-state index is 0.0540. The molecule has 0 aliphatic rings. The molecule has 0 aromatic heterocycles. The third kappa shape index (κ3) is 4.91. The summed E-state index contributed by atoms with van der Waals surface area (Å²) in [6.07, 6.45) is -4.46. The van der Waals surface area contributed by atoms with Crippen LogP contribution in [0, 0.1) is 0 Å². The van der Waals surface area contributed by atoms with Crippen molar-refractivity contribution >= 4 is 17.4 Å². The van der Waals surface area contributed by atoms with Gasteiger partial charge in [-0.2, -0.15) is 13.2 Å². The zero-order valence-corrected chi connectivity index (χ0v) is 12.3. The van der Waals surface area contributed by atoms with E-state index in [1.165, 1.54) is 12.1 Å². The first-order chi connectivity index (χ1) is 10.9. The van der Waals surface area contributed by atoms with Crippen LogP contribution in [0.2, 0.25) is 0 Å². The maximum atomic E-state index is 12.6. The Balaban J connectivity index is 2.04. The number of ether oxygens (including phenoxy) is 1. The van der Waals surface area contributed by atoms with E-state index >= 15 is 0 Å². The molecule has 0 unspecified atom stereocenters. The Hall–Kier alpha value is -2.70. The lowest BCUT2D eigenvalue weighted by Crippen LogP contribution is -2.19. The summed E-state index contributed by atoms with van der Waals surface area (Å²) in [5.74, 6) is 0.587. The SMILES string of the molecule is CCOc1cccc(NC(=O)Nc2cccc(C(F)(F)F)c2)c1. The Morgan fingerprint density at radius 2 is 1.65 bits per heavy atom. The number of carbonyl (C=O) groups is 1. The van der Waals surface area contributed by atoms with Crippen LogP contribution in [0.15, 0.2) is 48.5 Å². The number of amides is 2. The van der Waals surface area contributed by atoms with E-state index in [1.807, 2.05) is 6.92 Å². The van der Waals surface area contributed by atoms with E-state index in [4.69, 9.17) is 4.74 Å². The summed E-state index contributed by atoms with van der Waals surface area (Å²) in [6, 6.07) is 10.5. The Morgan fingerprint density at radius 1 is 1.04 bits per heavy atom. The fraction of sp³-hybridized carbons (Fsp3) is 0.188. The van der Waals surface area contributed by atoms with Gasteiger partial charge in [0.25, 0.3) is 0 Å². The Kier molecular flexibility index (Phi) is 5.10. The van der Waals surface area contributed by atoms with Crippen molar-refractivity contribution in [3.8, 4) is 5.75 Å². The van der Waals surface area contributed by atoms with Gasteiger partial charge in [0.1, 0.15) is 5.75 Å². The lowest BCUT2D eigenvalue weighted by atomic mass is 10.2. The third-order valence-electron chi connectivity index (χ3n) is 2.85. The highest BCUT2D eigenvalue weighted by atomic mass is 19.4. The fourth-order valence-corrected chi connectivity index (χ4v) is 1.90. The van der Waals surface area contributed by atoms with Crippen molar-refractivity contribution in [2.24, 2.45) is 0 Å². The standard InChI is InChI=1S/C16H15F3N2O2/c1-2-23-14-8-4-7-13(10-14)21-15(22)20-12-6-3-5-11(9-12)16(17,18)19/h3-10H,2H2,1H3,(H2,20,21,22). The minimum Gasteiger partial charge on any atom is -0.494 e. The zero-order valence-electron chi connectivity index (χ0n) is 12.3. The molecule has 0 saturated heterocycles. The van der Waals surface area contributed by atoms with Crippen molar-refractivity contribution in [3.63, 3.8) is 0 Å². The minimum atomic E-state index is -4.46. The molecule has 2 N–H and O–H groups in total. The number of hydrogen-bond donors (Lipinski definition) is 2. The largest absolute Gasteiger partial charge is 0.494 e. The van der Waals surface area contributed by atoms with Gasteiger partial charge in [-0.25, -0.2) is 4.79 Å². The van der Waals surface area contributed by atoms with Crippen molar-refractivity contribution in [2.45, 2.75) is 13.1 Å². The zero-order chi connectivity index (χ0) is 16.9. The number of carbonyl (C=O) groups excluding carboxylic acids is 1. The molecular formula is C16H15F3N2O2. The van der Waals surface area contributed by atoms with Crippen molar-refractivity contribution in [2.75, 3.05) is 17.2 Å². The molecule has 0 spiro atoms. The summed E-state index contributed by atoms with van der Waals surface area (Å²) >= 11 is 0. The monoisotopic (exact) mass is 324 g/mol. The van der Waals surface area contributed by atoms with Gasteiger partial charge in [-0.05, 0) is 37.3 Å². The molecule has 0 radical (unpaired) electrons. The van der Waals surface area contributed by atoms with E-state index in [-0.39, 0.29) is 5.69 Å². The average Bonchev–Trinajstić information content (AvgIpc) is 2.47. The quantitative estimate of drug-likeness (QED) is 0.853. The second-order valence-electron chi connectivity index (χ2n) is 4.62. The van der Waals surface area contributed by atoms with Crippen LogP contribution in [-0.4, -0.2) is 12.6 Å². The van der Waals surface area contributed by atoms with Crippen LogP contribution in [0.5, 0.6) is 5.75 Å². The Labute approximate surface area is 131 Å².